The molecular weight excluding hydrogens is 312 g/mol. The summed E-state index contributed by atoms with van der Waals surface area (Å²) in [5, 5.41) is 14.4. The highest BCUT2D eigenvalue weighted by molar-refractivity contribution is 5.82. The lowest BCUT2D eigenvalue weighted by Crippen LogP contribution is -2.00. The first-order valence-electron chi connectivity index (χ1n) is 7.67. The lowest BCUT2D eigenvalue weighted by Gasteiger charge is -2.09. The van der Waals surface area contributed by atoms with Crippen LogP contribution in [0.15, 0.2) is 60.9 Å². The zero-order valence-electron chi connectivity index (χ0n) is 13.2. The van der Waals surface area contributed by atoms with E-state index in [1.807, 2.05) is 48.5 Å². The molecule has 4 rings (SSSR count). The van der Waals surface area contributed by atoms with Crippen molar-refractivity contribution in [2.24, 2.45) is 0 Å². The predicted octanol–water partition coefficient (Wildman–Crippen LogP) is 3.82. The molecule has 0 radical (unpaired) electrons. The van der Waals surface area contributed by atoms with Crippen LogP contribution < -0.4 is 10.6 Å². The molecule has 25 heavy (non-hydrogen) atoms. The molecule has 0 saturated carbocycles. The molecule has 0 unspecified atom stereocenters. The maximum absolute atomic E-state index is 5.43. The van der Waals surface area contributed by atoms with Crippen molar-refractivity contribution in [2.75, 3.05) is 10.6 Å². The van der Waals surface area contributed by atoms with Crippen LogP contribution in [0.5, 0.6) is 0 Å². The van der Waals surface area contributed by atoms with E-state index in [1.54, 1.807) is 12.4 Å². The molecule has 0 atom stereocenters. The Morgan fingerprint density at radius 2 is 1.92 bits per heavy atom. The fourth-order valence-electron chi connectivity index (χ4n) is 2.47. The summed E-state index contributed by atoms with van der Waals surface area (Å²) in [6.45, 7) is 0. The van der Waals surface area contributed by atoms with Gasteiger partial charge in [-0.3, -0.25) is 5.10 Å². The number of benzene rings is 2. The number of terminal acetylenes is 1. The van der Waals surface area contributed by atoms with Crippen LogP contribution in [0.3, 0.4) is 0 Å². The van der Waals surface area contributed by atoms with Crippen molar-refractivity contribution in [3.8, 4) is 12.3 Å². The second-order valence-corrected chi connectivity index (χ2v) is 5.41. The number of fused-ring (bicyclic) bond motifs is 1. The number of H-pyrrole nitrogens is 1. The van der Waals surface area contributed by atoms with Gasteiger partial charge in [0, 0.05) is 28.5 Å². The third-order valence-electron chi connectivity index (χ3n) is 3.65. The van der Waals surface area contributed by atoms with E-state index in [1.165, 1.54) is 0 Å². The largest absolute Gasteiger partial charge is 0.340 e. The zero-order chi connectivity index (χ0) is 17.1. The van der Waals surface area contributed by atoms with Gasteiger partial charge in [-0.1, -0.05) is 12.0 Å². The van der Waals surface area contributed by atoms with Gasteiger partial charge in [-0.15, -0.1) is 6.42 Å². The smallest absolute Gasteiger partial charge is 0.229 e. The highest BCUT2D eigenvalue weighted by Crippen LogP contribution is 2.21. The van der Waals surface area contributed by atoms with E-state index in [4.69, 9.17) is 6.42 Å². The van der Waals surface area contributed by atoms with E-state index in [0.717, 1.165) is 27.8 Å². The van der Waals surface area contributed by atoms with Crippen molar-refractivity contribution in [1.29, 1.82) is 0 Å². The Hall–Kier alpha value is -3.85. The Morgan fingerprint density at radius 3 is 2.84 bits per heavy atom. The summed E-state index contributed by atoms with van der Waals surface area (Å²) in [5.74, 6) is 3.79. The number of nitrogens with one attached hydrogen (secondary N) is 3. The van der Waals surface area contributed by atoms with Gasteiger partial charge in [-0.2, -0.15) is 10.1 Å². The molecule has 0 saturated heterocycles. The van der Waals surface area contributed by atoms with E-state index < -0.39 is 0 Å². The standard InChI is InChI=1S/C19H14N6/c1-2-13-4-3-5-15(10-13)23-19-20-9-8-18(24-19)22-16-6-7-17-14(11-16)12-21-25-17/h1,3-12H,(H,21,25)(H2,20,22,23,24). The van der Waals surface area contributed by atoms with Gasteiger partial charge in [0.1, 0.15) is 5.82 Å². The normalized spacial score (nSPS) is 10.4. The molecule has 0 spiro atoms. The fraction of sp³-hybridized carbons (Fsp3) is 0. The summed E-state index contributed by atoms with van der Waals surface area (Å²) in [7, 11) is 0. The molecule has 6 nitrogen and oxygen atoms in total. The Bertz CT molecular complexity index is 1080. The molecule has 0 aliphatic heterocycles. The van der Waals surface area contributed by atoms with Gasteiger partial charge in [-0.25, -0.2) is 4.98 Å². The topological polar surface area (TPSA) is 78.5 Å². The average Bonchev–Trinajstić information content (AvgIpc) is 3.10. The molecule has 0 bridgehead atoms. The van der Waals surface area contributed by atoms with Crippen LogP contribution >= 0.6 is 0 Å². The highest BCUT2D eigenvalue weighted by Gasteiger charge is 2.03. The van der Waals surface area contributed by atoms with Gasteiger partial charge in [0.25, 0.3) is 0 Å². The van der Waals surface area contributed by atoms with E-state index in [2.05, 4.69) is 36.7 Å². The van der Waals surface area contributed by atoms with Crippen molar-refractivity contribution < 1.29 is 0 Å². The summed E-state index contributed by atoms with van der Waals surface area (Å²) in [4.78, 5) is 8.72. The minimum absolute atomic E-state index is 0.489. The Kier molecular flexibility index (Phi) is 3.73. The lowest BCUT2D eigenvalue weighted by molar-refractivity contribution is 1.12. The van der Waals surface area contributed by atoms with Crippen molar-refractivity contribution in [3.63, 3.8) is 0 Å². The number of rotatable bonds is 4. The summed E-state index contributed by atoms with van der Waals surface area (Å²) in [5.41, 5.74) is 3.55. The van der Waals surface area contributed by atoms with Crippen LogP contribution in [0.25, 0.3) is 10.9 Å². The summed E-state index contributed by atoms with van der Waals surface area (Å²) >= 11 is 0. The third-order valence-corrected chi connectivity index (χ3v) is 3.65. The molecule has 2 heterocycles. The van der Waals surface area contributed by atoms with E-state index >= 15 is 0 Å². The van der Waals surface area contributed by atoms with E-state index in [9.17, 15) is 0 Å². The molecule has 0 fully saturated rings. The summed E-state index contributed by atoms with van der Waals surface area (Å²) < 4.78 is 0. The van der Waals surface area contributed by atoms with Gasteiger partial charge in [-0.05, 0) is 42.5 Å². The number of hydrogen-bond donors (Lipinski definition) is 3. The first-order chi connectivity index (χ1) is 12.3. The third kappa shape index (κ3) is 3.26. The maximum atomic E-state index is 5.43. The molecule has 0 amide bonds. The van der Waals surface area contributed by atoms with E-state index in [-0.39, 0.29) is 0 Å². The van der Waals surface area contributed by atoms with Crippen LogP contribution in [0.2, 0.25) is 0 Å². The van der Waals surface area contributed by atoms with Gasteiger partial charge in [0.15, 0.2) is 0 Å². The molecule has 2 aromatic heterocycles. The van der Waals surface area contributed by atoms with E-state index in [0.29, 0.717) is 11.8 Å². The number of aromatic nitrogens is 4. The molecule has 120 valence electrons. The molecule has 0 aliphatic carbocycles. The minimum Gasteiger partial charge on any atom is -0.340 e. The number of anilines is 4. The Morgan fingerprint density at radius 1 is 1.00 bits per heavy atom. The Labute approximate surface area is 144 Å². The summed E-state index contributed by atoms with van der Waals surface area (Å²) in [6, 6.07) is 15.3. The quantitative estimate of drug-likeness (QED) is 0.497. The molecule has 3 N–H and O–H groups in total. The van der Waals surface area contributed by atoms with Crippen LogP contribution in [0.1, 0.15) is 5.56 Å². The number of aromatic amines is 1. The molecule has 6 heteroatoms. The van der Waals surface area contributed by atoms with Crippen LogP contribution in [0.4, 0.5) is 23.1 Å². The first kappa shape index (κ1) is 14.7. The van der Waals surface area contributed by atoms with Crippen molar-refractivity contribution in [2.45, 2.75) is 0 Å². The van der Waals surface area contributed by atoms with Gasteiger partial charge >= 0.3 is 0 Å². The van der Waals surface area contributed by atoms with Crippen molar-refractivity contribution >= 4 is 34.0 Å². The van der Waals surface area contributed by atoms with Crippen LogP contribution in [-0.4, -0.2) is 20.2 Å². The number of nitrogens with zero attached hydrogens (tertiary/aromatic N) is 3. The van der Waals surface area contributed by atoms with Gasteiger partial charge in [0.05, 0.1) is 11.7 Å². The van der Waals surface area contributed by atoms with Gasteiger partial charge in [0.2, 0.25) is 5.95 Å². The highest BCUT2D eigenvalue weighted by atomic mass is 15.1. The average molecular weight is 326 g/mol. The monoisotopic (exact) mass is 326 g/mol. The maximum Gasteiger partial charge on any atom is 0.229 e. The SMILES string of the molecule is C#Cc1cccc(Nc2nccc(Nc3ccc4[nH]ncc4c3)n2)c1. The second-order valence-electron chi connectivity index (χ2n) is 5.41. The lowest BCUT2D eigenvalue weighted by atomic mass is 10.2. The Balaban J connectivity index is 1.55. The van der Waals surface area contributed by atoms with Crippen molar-refractivity contribution in [1.82, 2.24) is 20.2 Å². The molecular formula is C19H14N6. The minimum atomic E-state index is 0.489. The van der Waals surface area contributed by atoms with Crippen LogP contribution in [0, 0.1) is 12.3 Å². The second kappa shape index (κ2) is 6.34. The zero-order valence-corrected chi connectivity index (χ0v) is 13.2. The molecule has 2 aromatic carbocycles. The molecule has 0 aliphatic rings. The van der Waals surface area contributed by atoms with Crippen LogP contribution in [-0.2, 0) is 0 Å². The molecule has 4 aromatic rings. The predicted molar refractivity (Wildman–Crippen MR) is 99.1 cm³/mol. The first-order valence-corrected chi connectivity index (χ1v) is 7.67. The fourth-order valence-corrected chi connectivity index (χ4v) is 2.47. The number of hydrogen-bond acceptors (Lipinski definition) is 5. The summed E-state index contributed by atoms with van der Waals surface area (Å²) in [6.07, 6.45) is 8.91. The van der Waals surface area contributed by atoms with Crippen molar-refractivity contribution in [3.05, 3.63) is 66.5 Å². The van der Waals surface area contributed by atoms with Gasteiger partial charge < -0.3 is 10.6 Å².